The van der Waals surface area contributed by atoms with Gasteiger partial charge in [0.2, 0.25) is 10.0 Å². The number of aliphatic hydroxyl groups excluding tert-OH is 1. The second-order valence-corrected chi connectivity index (χ2v) is 6.72. The summed E-state index contributed by atoms with van der Waals surface area (Å²) in [5.41, 5.74) is 1.18. The van der Waals surface area contributed by atoms with E-state index in [0.717, 1.165) is 12.8 Å². The molecule has 0 aliphatic rings. The summed E-state index contributed by atoms with van der Waals surface area (Å²) < 4.78 is 27.9. The molecule has 0 aliphatic heterocycles. The molecule has 0 spiro atoms. The van der Waals surface area contributed by atoms with Gasteiger partial charge in [-0.2, -0.15) is 5.10 Å². The summed E-state index contributed by atoms with van der Waals surface area (Å²) in [6.45, 7) is 4.07. The van der Waals surface area contributed by atoms with Crippen molar-refractivity contribution in [2.24, 2.45) is 7.05 Å². The van der Waals surface area contributed by atoms with E-state index in [9.17, 15) is 8.42 Å². The molecule has 0 amide bonds. The Morgan fingerprint density at radius 2 is 1.89 bits per heavy atom. The highest BCUT2D eigenvalue weighted by Gasteiger charge is 2.27. The standard InChI is InChI=1S/C12H23N3O3S/c1-10-12(11(2)15(4)13-10)19(17,18)14(3)8-6-5-7-9-16/h16H,5-9H2,1-4H3. The van der Waals surface area contributed by atoms with Gasteiger partial charge in [-0.05, 0) is 33.1 Å². The summed E-state index contributed by atoms with van der Waals surface area (Å²) in [4.78, 5) is 0.305. The first-order valence-corrected chi connectivity index (χ1v) is 7.83. The van der Waals surface area contributed by atoms with E-state index in [0.29, 0.717) is 29.2 Å². The minimum absolute atomic E-state index is 0.150. The van der Waals surface area contributed by atoms with Crippen molar-refractivity contribution in [3.05, 3.63) is 11.4 Å². The maximum Gasteiger partial charge on any atom is 0.246 e. The number of hydrogen-bond donors (Lipinski definition) is 1. The molecular formula is C12H23N3O3S. The molecule has 110 valence electrons. The fourth-order valence-electron chi connectivity index (χ4n) is 2.03. The van der Waals surface area contributed by atoms with Gasteiger partial charge in [-0.25, -0.2) is 12.7 Å². The Bertz CT molecular complexity index is 523. The Hall–Kier alpha value is -0.920. The van der Waals surface area contributed by atoms with Crippen molar-refractivity contribution in [1.82, 2.24) is 14.1 Å². The summed E-state index contributed by atoms with van der Waals surface area (Å²) in [6.07, 6.45) is 2.27. The molecule has 0 bridgehead atoms. The molecule has 0 unspecified atom stereocenters. The molecule has 0 aromatic carbocycles. The van der Waals surface area contributed by atoms with E-state index in [2.05, 4.69) is 5.10 Å². The Balaban J connectivity index is 2.85. The lowest BCUT2D eigenvalue weighted by atomic mass is 10.2. The lowest BCUT2D eigenvalue weighted by Gasteiger charge is -2.17. The first-order chi connectivity index (χ1) is 8.82. The number of hydrogen-bond acceptors (Lipinski definition) is 4. The van der Waals surface area contributed by atoms with Crippen LogP contribution in [0.25, 0.3) is 0 Å². The monoisotopic (exact) mass is 289 g/mol. The number of aromatic nitrogens is 2. The highest BCUT2D eigenvalue weighted by molar-refractivity contribution is 7.89. The van der Waals surface area contributed by atoms with Crippen molar-refractivity contribution in [2.75, 3.05) is 20.2 Å². The zero-order chi connectivity index (χ0) is 14.6. The molecular weight excluding hydrogens is 266 g/mol. The fraction of sp³-hybridized carbons (Fsp3) is 0.750. The molecule has 1 rings (SSSR count). The third kappa shape index (κ3) is 3.55. The molecule has 0 atom stereocenters. The molecule has 1 aromatic rings. The van der Waals surface area contributed by atoms with E-state index < -0.39 is 10.0 Å². The zero-order valence-corrected chi connectivity index (χ0v) is 12.9. The van der Waals surface area contributed by atoms with Crippen LogP contribution in [0.15, 0.2) is 4.90 Å². The lowest BCUT2D eigenvalue weighted by molar-refractivity contribution is 0.281. The molecule has 0 aliphatic carbocycles. The van der Waals surface area contributed by atoms with E-state index >= 15 is 0 Å². The highest BCUT2D eigenvalue weighted by atomic mass is 32.2. The molecule has 0 saturated heterocycles. The largest absolute Gasteiger partial charge is 0.396 e. The number of aliphatic hydroxyl groups is 1. The van der Waals surface area contributed by atoms with Gasteiger partial charge in [-0.1, -0.05) is 0 Å². The molecule has 0 radical (unpaired) electrons. The molecule has 7 heteroatoms. The highest BCUT2D eigenvalue weighted by Crippen LogP contribution is 2.22. The summed E-state index contributed by atoms with van der Waals surface area (Å²) >= 11 is 0. The smallest absolute Gasteiger partial charge is 0.246 e. The van der Waals surface area contributed by atoms with E-state index in [1.165, 1.54) is 4.31 Å². The summed E-state index contributed by atoms with van der Waals surface area (Å²) in [7, 11) is -0.157. The molecule has 1 N–H and O–H groups in total. The van der Waals surface area contributed by atoms with Gasteiger partial charge in [-0.15, -0.1) is 0 Å². The van der Waals surface area contributed by atoms with Gasteiger partial charge in [0.1, 0.15) is 4.90 Å². The topological polar surface area (TPSA) is 75.4 Å². The second-order valence-electron chi connectivity index (χ2n) is 4.73. The quantitative estimate of drug-likeness (QED) is 0.754. The SMILES string of the molecule is Cc1nn(C)c(C)c1S(=O)(=O)N(C)CCCCCO. The summed E-state index contributed by atoms with van der Waals surface area (Å²) in [6, 6.07) is 0. The van der Waals surface area contributed by atoms with Gasteiger partial charge in [0.05, 0.1) is 11.4 Å². The fourth-order valence-corrected chi connectivity index (χ4v) is 3.63. The number of nitrogens with zero attached hydrogens (tertiary/aromatic N) is 3. The maximum absolute atomic E-state index is 12.5. The minimum atomic E-state index is -3.48. The van der Waals surface area contributed by atoms with Gasteiger partial charge < -0.3 is 5.11 Å². The Labute approximate surface area is 115 Å². The van der Waals surface area contributed by atoms with Crippen LogP contribution in [0, 0.1) is 13.8 Å². The van der Waals surface area contributed by atoms with Crippen LogP contribution >= 0.6 is 0 Å². The van der Waals surface area contributed by atoms with Gasteiger partial charge in [0.15, 0.2) is 0 Å². The van der Waals surface area contributed by atoms with Gasteiger partial charge in [-0.3, -0.25) is 4.68 Å². The normalized spacial score (nSPS) is 12.3. The van der Waals surface area contributed by atoms with E-state index in [1.807, 2.05) is 0 Å². The predicted octanol–water partition coefficient (Wildman–Crippen LogP) is 0.820. The maximum atomic E-state index is 12.5. The average molecular weight is 289 g/mol. The minimum Gasteiger partial charge on any atom is -0.396 e. The van der Waals surface area contributed by atoms with Crippen LogP contribution in [-0.4, -0.2) is 47.8 Å². The Morgan fingerprint density at radius 3 is 2.37 bits per heavy atom. The van der Waals surface area contributed by atoms with Crippen LogP contribution in [0.3, 0.4) is 0 Å². The van der Waals surface area contributed by atoms with Crippen LogP contribution in [0.4, 0.5) is 0 Å². The number of sulfonamides is 1. The van der Waals surface area contributed by atoms with Crippen LogP contribution in [0.1, 0.15) is 30.7 Å². The van der Waals surface area contributed by atoms with E-state index in [4.69, 9.17) is 5.11 Å². The van der Waals surface area contributed by atoms with Crippen molar-refractivity contribution in [2.45, 2.75) is 38.0 Å². The lowest BCUT2D eigenvalue weighted by Crippen LogP contribution is -2.28. The second kappa shape index (κ2) is 6.49. The molecule has 0 fully saturated rings. The van der Waals surface area contributed by atoms with Crippen LogP contribution < -0.4 is 0 Å². The summed E-state index contributed by atoms with van der Waals surface area (Å²) in [5.74, 6) is 0. The van der Waals surface area contributed by atoms with Crippen molar-refractivity contribution >= 4 is 10.0 Å². The molecule has 19 heavy (non-hydrogen) atoms. The third-order valence-electron chi connectivity index (χ3n) is 3.24. The average Bonchev–Trinajstić information content (AvgIpc) is 2.58. The first-order valence-electron chi connectivity index (χ1n) is 6.39. The molecule has 1 aromatic heterocycles. The third-order valence-corrected chi connectivity index (χ3v) is 5.35. The first kappa shape index (κ1) is 16.1. The van der Waals surface area contributed by atoms with Crippen LogP contribution in [0.2, 0.25) is 0 Å². The summed E-state index contributed by atoms with van der Waals surface area (Å²) in [5, 5.41) is 12.8. The molecule has 0 saturated carbocycles. The number of aryl methyl sites for hydroxylation is 2. The van der Waals surface area contributed by atoms with Gasteiger partial charge in [0.25, 0.3) is 0 Å². The van der Waals surface area contributed by atoms with Crippen molar-refractivity contribution in [3.8, 4) is 0 Å². The number of rotatable bonds is 7. The molecule has 6 nitrogen and oxygen atoms in total. The number of unbranched alkanes of at least 4 members (excludes halogenated alkanes) is 2. The van der Waals surface area contributed by atoms with Crippen molar-refractivity contribution in [1.29, 1.82) is 0 Å². The van der Waals surface area contributed by atoms with Gasteiger partial charge in [0, 0.05) is 27.2 Å². The van der Waals surface area contributed by atoms with E-state index in [1.54, 1.807) is 32.6 Å². The van der Waals surface area contributed by atoms with Crippen molar-refractivity contribution < 1.29 is 13.5 Å². The zero-order valence-electron chi connectivity index (χ0n) is 12.0. The van der Waals surface area contributed by atoms with Crippen LogP contribution in [0.5, 0.6) is 0 Å². The van der Waals surface area contributed by atoms with Gasteiger partial charge >= 0.3 is 0 Å². The van der Waals surface area contributed by atoms with E-state index in [-0.39, 0.29) is 6.61 Å². The Kier molecular flexibility index (Phi) is 5.51. The Morgan fingerprint density at radius 1 is 1.26 bits per heavy atom. The predicted molar refractivity (Wildman–Crippen MR) is 73.4 cm³/mol. The van der Waals surface area contributed by atoms with Crippen molar-refractivity contribution in [3.63, 3.8) is 0 Å². The van der Waals surface area contributed by atoms with Crippen LogP contribution in [-0.2, 0) is 17.1 Å². The molecule has 1 heterocycles.